The quantitative estimate of drug-likeness (QED) is 0.931. The van der Waals surface area contributed by atoms with Crippen molar-refractivity contribution in [1.29, 1.82) is 0 Å². The van der Waals surface area contributed by atoms with E-state index >= 15 is 0 Å². The van der Waals surface area contributed by atoms with E-state index in [2.05, 4.69) is 39.2 Å². The molecule has 0 saturated carbocycles. The van der Waals surface area contributed by atoms with Gasteiger partial charge in [0.1, 0.15) is 0 Å². The normalized spacial score (nSPS) is 20.8. The Morgan fingerprint density at radius 3 is 2.85 bits per heavy atom. The van der Waals surface area contributed by atoms with Gasteiger partial charge in [-0.15, -0.1) is 0 Å². The molecule has 1 N–H and O–H groups in total. The van der Waals surface area contributed by atoms with E-state index in [1.165, 1.54) is 32.4 Å². The van der Waals surface area contributed by atoms with E-state index in [9.17, 15) is 0 Å². The van der Waals surface area contributed by atoms with Crippen molar-refractivity contribution in [2.45, 2.75) is 32.2 Å². The highest BCUT2D eigenvalue weighted by Gasteiger charge is 2.15. The fourth-order valence-electron chi connectivity index (χ4n) is 2.91. The molecule has 0 spiro atoms. The molecule has 1 fully saturated rings. The molecule has 0 bridgehead atoms. The Kier molecular flexibility index (Phi) is 4.11. The highest BCUT2D eigenvalue weighted by atomic mass is 15.1. The first kappa shape index (κ1) is 13.3. The third-order valence-electron chi connectivity index (χ3n) is 4.11. The lowest BCUT2D eigenvalue weighted by atomic mass is 10.1. The smallest absolute Gasteiger partial charge is 0.0907 e. The predicted octanol–water partition coefficient (Wildman–Crippen LogP) is 2.92. The molecule has 0 amide bonds. The van der Waals surface area contributed by atoms with Gasteiger partial charge in [-0.05, 0) is 50.6 Å². The zero-order valence-electron chi connectivity index (χ0n) is 12.0. The molecule has 0 aliphatic carbocycles. The lowest BCUT2D eigenvalue weighted by molar-refractivity contribution is 0.300. The van der Waals surface area contributed by atoms with Gasteiger partial charge in [0.05, 0.1) is 11.0 Å². The maximum absolute atomic E-state index is 4.37. The van der Waals surface area contributed by atoms with Crippen molar-refractivity contribution in [3.8, 4) is 0 Å². The summed E-state index contributed by atoms with van der Waals surface area (Å²) >= 11 is 0. The van der Waals surface area contributed by atoms with Gasteiger partial charge in [-0.3, -0.25) is 9.97 Å². The Morgan fingerprint density at radius 2 is 2.00 bits per heavy atom. The van der Waals surface area contributed by atoms with Gasteiger partial charge in [-0.25, -0.2) is 0 Å². The van der Waals surface area contributed by atoms with Crippen LogP contribution >= 0.6 is 0 Å². The molecule has 1 saturated heterocycles. The summed E-state index contributed by atoms with van der Waals surface area (Å²) in [7, 11) is 0. The summed E-state index contributed by atoms with van der Waals surface area (Å²) in [5.41, 5.74) is 3.07. The summed E-state index contributed by atoms with van der Waals surface area (Å²) in [6.45, 7) is 5.84. The summed E-state index contributed by atoms with van der Waals surface area (Å²) in [6.07, 6.45) is 7.22. The van der Waals surface area contributed by atoms with Gasteiger partial charge >= 0.3 is 0 Å². The summed E-state index contributed by atoms with van der Waals surface area (Å²) in [5, 5.41) is 3.66. The molecule has 0 radical (unpaired) electrons. The van der Waals surface area contributed by atoms with Crippen LogP contribution in [0.2, 0.25) is 0 Å². The van der Waals surface area contributed by atoms with Crippen LogP contribution < -0.4 is 5.32 Å². The second kappa shape index (κ2) is 6.18. The van der Waals surface area contributed by atoms with Gasteiger partial charge in [0.25, 0.3) is 0 Å². The molecule has 1 aromatic heterocycles. The van der Waals surface area contributed by atoms with Crippen molar-refractivity contribution >= 4 is 16.7 Å². The average Bonchev–Trinajstić information content (AvgIpc) is 2.72. The van der Waals surface area contributed by atoms with Crippen LogP contribution in [0.5, 0.6) is 0 Å². The molecular formula is C16H22N4. The molecule has 4 heteroatoms. The molecule has 1 atom stereocenters. The maximum atomic E-state index is 4.37. The lowest BCUT2D eigenvalue weighted by Gasteiger charge is -2.19. The Labute approximate surface area is 120 Å². The Bertz CT molecular complexity index is 569. The van der Waals surface area contributed by atoms with Crippen LogP contribution in [0, 0.1) is 0 Å². The molecule has 3 rings (SSSR count). The van der Waals surface area contributed by atoms with Crippen LogP contribution in [0.1, 0.15) is 26.2 Å². The Hall–Kier alpha value is -1.68. The fraction of sp³-hybridized carbons (Fsp3) is 0.500. The Balaban J connectivity index is 1.69. The van der Waals surface area contributed by atoms with Crippen molar-refractivity contribution in [3.05, 3.63) is 30.6 Å². The highest BCUT2D eigenvalue weighted by Crippen LogP contribution is 2.19. The number of aromatic nitrogens is 2. The minimum atomic E-state index is 0.570. The second-order valence-corrected chi connectivity index (χ2v) is 5.47. The predicted molar refractivity (Wildman–Crippen MR) is 82.9 cm³/mol. The highest BCUT2D eigenvalue weighted by molar-refractivity contribution is 5.78. The lowest BCUT2D eigenvalue weighted by Crippen LogP contribution is -2.26. The molecule has 1 unspecified atom stereocenters. The van der Waals surface area contributed by atoms with Crippen molar-refractivity contribution in [2.75, 3.05) is 25.0 Å². The number of anilines is 1. The Morgan fingerprint density at radius 1 is 1.15 bits per heavy atom. The first-order valence-electron chi connectivity index (χ1n) is 7.55. The van der Waals surface area contributed by atoms with Gasteiger partial charge in [-0.2, -0.15) is 0 Å². The third kappa shape index (κ3) is 3.07. The number of hydrogen-bond acceptors (Lipinski definition) is 4. The van der Waals surface area contributed by atoms with Gasteiger partial charge in [0.15, 0.2) is 0 Å². The molecular weight excluding hydrogens is 248 g/mol. The number of hydrogen-bond donors (Lipinski definition) is 1. The van der Waals surface area contributed by atoms with Gasteiger partial charge in [0.2, 0.25) is 0 Å². The third-order valence-corrected chi connectivity index (χ3v) is 4.11. The van der Waals surface area contributed by atoms with Crippen molar-refractivity contribution in [3.63, 3.8) is 0 Å². The fourth-order valence-corrected chi connectivity index (χ4v) is 2.91. The van der Waals surface area contributed by atoms with E-state index in [1.807, 2.05) is 6.07 Å². The number of nitrogens with zero attached hydrogens (tertiary/aromatic N) is 3. The molecule has 2 heterocycles. The molecule has 1 aliphatic rings. The molecule has 4 nitrogen and oxygen atoms in total. The number of likely N-dealkylation sites (tertiary alicyclic amines) is 1. The largest absolute Gasteiger partial charge is 0.382 e. The van der Waals surface area contributed by atoms with E-state index < -0.39 is 0 Å². The van der Waals surface area contributed by atoms with Crippen LogP contribution in [0.15, 0.2) is 30.6 Å². The van der Waals surface area contributed by atoms with E-state index in [4.69, 9.17) is 0 Å². The standard InChI is InChI=1S/C16H22N4/c1-2-20-10-3-4-13(7-11-20)19-14-5-6-15-16(12-14)18-9-8-17-15/h5-6,8-9,12-13,19H,2-4,7,10-11H2,1H3. The van der Waals surface area contributed by atoms with Crippen LogP contribution in [0.3, 0.4) is 0 Å². The number of benzene rings is 1. The molecule has 2 aromatic rings. The molecule has 1 aromatic carbocycles. The zero-order valence-corrected chi connectivity index (χ0v) is 12.0. The first-order valence-corrected chi connectivity index (χ1v) is 7.55. The van der Waals surface area contributed by atoms with E-state index in [-0.39, 0.29) is 0 Å². The van der Waals surface area contributed by atoms with E-state index in [1.54, 1.807) is 12.4 Å². The monoisotopic (exact) mass is 270 g/mol. The van der Waals surface area contributed by atoms with Crippen molar-refractivity contribution < 1.29 is 0 Å². The minimum Gasteiger partial charge on any atom is -0.382 e. The summed E-state index contributed by atoms with van der Waals surface area (Å²) in [5.74, 6) is 0. The van der Waals surface area contributed by atoms with E-state index in [0.29, 0.717) is 6.04 Å². The SMILES string of the molecule is CCN1CCCC(Nc2ccc3nccnc3c2)CC1. The number of fused-ring (bicyclic) bond motifs is 1. The van der Waals surface area contributed by atoms with Gasteiger partial charge in [0, 0.05) is 30.7 Å². The molecule has 106 valence electrons. The van der Waals surface area contributed by atoms with Crippen LogP contribution in [0.4, 0.5) is 5.69 Å². The van der Waals surface area contributed by atoms with Crippen LogP contribution in [-0.2, 0) is 0 Å². The zero-order chi connectivity index (χ0) is 13.8. The summed E-state index contributed by atoms with van der Waals surface area (Å²) < 4.78 is 0. The summed E-state index contributed by atoms with van der Waals surface area (Å²) in [4.78, 5) is 11.2. The van der Waals surface area contributed by atoms with Crippen molar-refractivity contribution in [1.82, 2.24) is 14.9 Å². The van der Waals surface area contributed by atoms with Crippen molar-refractivity contribution in [2.24, 2.45) is 0 Å². The van der Waals surface area contributed by atoms with Gasteiger partial charge in [-0.1, -0.05) is 6.92 Å². The summed E-state index contributed by atoms with van der Waals surface area (Å²) in [6, 6.07) is 6.82. The van der Waals surface area contributed by atoms with Crippen LogP contribution in [-0.4, -0.2) is 40.5 Å². The number of rotatable bonds is 3. The average molecular weight is 270 g/mol. The number of nitrogens with one attached hydrogen (secondary N) is 1. The molecule has 20 heavy (non-hydrogen) atoms. The topological polar surface area (TPSA) is 41.0 Å². The molecule has 1 aliphatic heterocycles. The van der Waals surface area contributed by atoms with E-state index in [0.717, 1.165) is 23.3 Å². The van der Waals surface area contributed by atoms with Gasteiger partial charge < -0.3 is 10.2 Å². The second-order valence-electron chi connectivity index (χ2n) is 5.47. The minimum absolute atomic E-state index is 0.570. The maximum Gasteiger partial charge on any atom is 0.0907 e. The first-order chi connectivity index (χ1) is 9.85. The van der Waals surface area contributed by atoms with Crippen LogP contribution in [0.25, 0.3) is 11.0 Å².